The van der Waals surface area contributed by atoms with Gasteiger partial charge in [0.05, 0.1) is 0 Å². The first-order valence-corrected chi connectivity index (χ1v) is 28.3. The van der Waals surface area contributed by atoms with Gasteiger partial charge < -0.3 is 39.4 Å². The van der Waals surface area contributed by atoms with E-state index in [1.54, 1.807) is 0 Å². The number of aliphatic hydroxyl groups is 1. The molecule has 79 heavy (non-hydrogen) atoms. The molecule has 0 saturated heterocycles. The summed E-state index contributed by atoms with van der Waals surface area (Å²) < 4.78 is 30.5. The molecule has 2 amide bonds. The third-order valence-corrected chi connectivity index (χ3v) is 19.1. The number of esters is 3. The Morgan fingerprint density at radius 1 is 0.684 bits per heavy atom. The molecule has 0 heterocycles. The maximum atomic E-state index is 14.2. The summed E-state index contributed by atoms with van der Waals surface area (Å²) in [5, 5.41) is 18.2. The van der Waals surface area contributed by atoms with Gasteiger partial charge in [-0.1, -0.05) is 164 Å². The normalized spacial score (nSPS) is 26.4. The number of ether oxygens (including phenoxy) is 5. The maximum absolute atomic E-state index is 14.2. The largest absolute Gasteiger partial charge is 0.458 e. The summed E-state index contributed by atoms with van der Waals surface area (Å²) in [7, 11) is 0. The van der Waals surface area contributed by atoms with Gasteiger partial charge in [0.25, 0.3) is 0 Å². The molecule has 6 aliphatic rings. The first-order chi connectivity index (χ1) is 37.7. The summed E-state index contributed by atoms with van der Waals surface area (Å²) in [5.74, 6) is -1.99. The number of rotatable bonds is 16. The van der Waals surface area contributed by atoms with Gasteiger partial charge in [-0.25, -0.2) is 9.59 Å². The summed E-state index contributed by atoms with van der Waals surface area (Å²) in [5.41, 5.74) is 10.1. The van der Waals surface area contributed by atoms with Crippen molar-refractivity contribution in [1.29, 1.82) is 0 Å². The zero-order valence-corrected chi connectivity index (χ0v) is 46.9. The molecule has 13 heteroatoms. The Hall–Kier alpha value is -6.99. The molecule has 3 N–H and O–H groups in total. The number of carbonyl (C=O) groups is 5. The molecular weight excluding hydrogens is 997 g/mol. The van der Waals surface area contributed by atoms with Crippen LogP contribution in [0.4, 0.5) is 9.59 Å². The minimum atomic E-state index is -1.20. The van der Waals surface area contributed by atoms with Crippen molar-refractivity contribution in [2.45, 2.75) is 130 Å². The van der Waals surface area contributed by atoms with Crippen LogP contribution in [0.2, 0.25) is 0 Å². The number of carbonyl (C=O) groups excluding carboxylic acids is 5. The lowest BCUT2D eigenvalue weighted by molar-refractivity contribution is -0.208. The molecule has 0 bridgehead atoms. The van der Waals surface area contributed by atoms with Crippen molar-refractivity contribution in [2.75, 3.05) is 26.3 Å². The Kier molecular flexibility index (Phi) is 15.4. The van der Waals surface area contributed by atoms with Gasteiger partial charge in [0.2, 0.25) is 0 Å². The Labute approximate surface area is 464 Å². The van der Waals surface area contributed by atoms with Gasteiger partial charge in [-0.15, -0.1) is 0 Å². The zero-order valence-electron chi connectivity index (χ0n) is 46.9. The predicted molar refractivity (Wildman–Crippen MR) is 300 cm³/mol. The molecule has 13 nitrogen and oxygen atoms in total. The van der Waals surface area contributed by atoms with E-state index in [1.165, 1.54) is 12.5 Å². The van der Waals surface area contributed by atoms with E-state index in [2.05, 4.69) is 82.2 Å². The maximum Gasteiger partial charge on any atom is 0.407 e. The first-order valence-electron chi connectivity index (χ1n) is 28.3. The van der Waals surface area contributed by atoms with Crippen molar-refractivity contribution in [3.8, 4) is 22.3 Å². The second kappa shape index (κ2) is 21.9. The lowest BCUT2D eigenvalue weighted by atomic mass is 9.45. The van der Waals surface area contributed by atoms with Crippen LogP contribution in [-0.4, -0.2) is 85.9 Å². The minimum absolute atomic E-state index is 0.0463. The molecular formula is C66H76N2O11. The molecule has 4 aromatic rings. The topological polar surface area (TPSA) is 176 Å². The van der Waals surface area contributed by atoms with Gasteiger partial charge in [-0.05, 0) is 129 Å². The van der Waals surface area contributed by atoms with Crippen LogP contribution in [0.3, 0.4) is 0 Å². The van der Waals surface area contributed by atoms with Gasteiger partial charge >= 0.3 is 30.1 Å². The van der Waals surface area contributed by atoms with Crippen LogP contribution >= 0.6 is 0 Å². The molecule has 0 aromatic heterocycles. The fraction of sp³-hybridized carbons (Fsp3) is 0.470. The van der Waals surface area contributed by atoms with Crippen LogP contribution in [0.25, 0.3) is 22.3 Å². The van der Waals surface area contributed by atoms with Crippen LogP contribution in [-0.2, 0) is 38.1 Å². The van der Waals surface area contributed by atoms with Crippen molar-refractivity contribution in [1.82, 2.24) is 10.6 Å². The smallest absolute Gasteiger partial charge is 0.407 e. The molecule has 0 spiro atoms. The highest BCUT2D eigenvalue weighted by atomic mass is 16.6. The molecule has 10 rings (SSSR count). The quantitative estimate of drug-likeness (QED) is 0.0553. The lowest BCUT2D eigenvalue weighted by Crippen LogP contribution is -2.64. The number of allylic oxidation sites excluding steroid dienone is 3. The molecule has 1 saturated carbocycles. The molecule has 4 aromatic carbocycles. The number of fused-ring (bicyclic) bond motifs is 10. The van der Waals surface area contributed by atoms with Gasteiger partial charge in [-0.2, -0.15) is 0 Å². The highest BCUT2D eigenvalue weighted by Crippen LogP contribution is 2.68. The van der Waals surface area contributed by atoms with E-state index in [9.17, 15) is 29.1 Å². The molecule has 0 radical (unpaired) electrons. The molecule has 0 aliphatic heterocycles. The molecule has 416 valence electrons. The second-order valence-electron chi connectivity index (χ2n) is 24.3. The SMILES string of the molecule is C=C(CC[C@@H](C)[C@H]1CC=C2C3=C([C@@H](O)[C@H](OC(C)=O)C21C)C1(C)C[C@@H](OC(=O)CNC(=O)OCC2c4ccccc4-c4ccccc42)[C@H](OC(=O)CNC(=O)OCC2c4ccccc4-c4ccccc42)C(C)(C)C1CC3)C(C)C. The van der Waals surface area contributed by atoms with Crippen LogP contribution in [0, 0.1) is 39.9 Å². The third-order valence-electron chi connectivity index (χ3n) is 19.1. The summed E-state index contributed by atoms with van der Waals surface area (Å²) in [6, 6.07) is 32.1. The standard InChI is InChI=1S/C66H76N2O11/c1-37(2)38(3)26-27-39(4)52-29-30-53-49-28-31-55-64(6,7)60(79-57(71)34-68-63(74)76-36-51-47-24-16-12-20-43(47)44-21-13-17-25-48(44)51)54(32-65(55,8)58(49)59(72)61(66(52,53)9)77-40(5)69)78-56(70)33-67-62(73)75-35-50-45-22-14-10-18-41(45)42-19-11-15-23-46(42)50/h10-25,30,37,39,50-52,54-55,59-61,72H,3,26-29,31-36H2,1-2,4-9H3,(H,67,73)(H,68,74)/t39-,52-,54-,55?,59-,60+,61+,65?,66?/m1/s1. The van der Waals surface area contributed by atoms with Gasteiger partial charge in [0.1, 0.15) is 50.7 Å². The number of amides is 2. The van der Waals surface area contributed by atoms with E-state index >= 15 is 0 Å². The highest BCUT2D eigenvalue weighted by Gasteiger charge is 2.66. The second-order valence-corrected chi connectivity index (χ2v) is 24.3. The molecule has 9 atom stereocenters. The van der Waals surface area contributed by atoms with E-state index < -0.39 is 83.8 Å². The number of aliphatic hydroxyl groups excluding tert-OH is 1. The van der Waals surface area contributed by atoms with E-state index in [0.29, 0.717) is 18.8 Å². The molecule has 6 aliphatic carbocycles. The number of hydrogen-bond acceptors (Lipinski definition) is 11. The van der Waals surface area contributed by atoms with E-state index in [-0.39, 0.29) is 49.2 Å². The van der Waals surface area contributed by atoms with Gasteiger partial charge in [-0.3, -0.25) is 14.4 Å². The summed E-state index contributed by atoms with van der Waals surface area (Å²) in [6.45, 7) is 19.5. The molecule has 1 fully saturated rings. The lowest BCUT2D eigenvalue weighted by Gasteiger charge is -2.62. The average Bonchev–Trinajstić information content (AvgIpc) is 2.71. The monoisotopic (exact) mass is 1070 g/mol. The zero-order chi connectivity index (χ0) is 56.1. The predicted octanol–water partition coefficient (Wildman–Crippen LogP) is 11.9. The Balaban J connectivity index is 0.880. The highest BCUT2D eigenvalue weighted by molar-refractivity contribution is 5.82. The number of hydrogen-bond donors (Lipinski definition) is 3. The van der Waals surface area contributed by atoms with Crippen molar-refractivity contribution < 1.29 is 52.8 Å². The summed E-state index contributed by atoms with van der Waals surface area (Å²) >= 11 is 0. The number of alkyl carbamates (subject to hydrolysis) is 2. The Morgan fingerprint density at radius 3 is 1.65 bits per heavy atom. The number of benzene rings is 4. The van der Waals surface area contributed by atoms with Crippen LogP contribution in [0.15, 0.2) is 132 Å². The fourth-order valence-corrected chi connectivity index (χ4v) is 15.3. The Bertz CT molecular complexity index is 3040. The minimum Gasteiger partial charge on any atom is -0.458 e. The fourth-order valence-electron chi connectivity index (χ4n) is 15.3. The van der Waals surface area contributed by atoms with E-state index in [1.807, 2.05) is 86.6 Å². The van der Waals surface area contributed by atoms with Crippen LogP contribution in [0.5, 0.6) is 0 Å². The van der Waals surface area contributed by atoms with Crippen molar-refractivity contribution in [3.63, 3.8) is 0 Å². The number of nitrogens with one attached hydrogen (secondary N) is 2. The van der Waals surface area contributed by atoms with Crippen molar-refractivity contribution in [3.05, 3.63) is 154 Å². The van der Waals surface area contributed by atoms with Crippen molar-refractivity contribution in [2.24, 2.45) is 39.9 Å². The van der Waals surface area contributed by atoms with E-state index in [4.69, 9.17) is 23.7 Å². The summed E-state index contributed by atoms with van der Waals surface area (Å²) in [6.07, 6.45) is 0.414. The van der Waals surface area contributed by atoms with Gasteiger partial charge in [0, 0.05) is 29.6 Å². The average molecular weight is 1070 g/mol. The van der Waals surface area contributed by atoms with Gasteiger partial charge in [0.15, 0.2) is 0 Å². The molecule has 3 unspecified atom stereocenters. The van der Waals surface area contributed by atoms with Crippen LogP contribution < -0.4 is 10.6 Å². The first kappa shape index (κ1) is 55.3. The van der Waals surface area contributed by atoms with Crippen molar-refractivity contribution >= 4 is 30.1 Å². The van der Waals surface area contributed by atoms with E-state index in [0.717, 1.165) is 80.5 Å². The third kappa shape index (κ3) is 10.1. The summed E-state index contributed by atoms with van der Waals surface area (Å²) in [4.78, 5) is 68.1. The Morgan fingerprint density at radius 2 is 1.16 bits per heavy atom. The van der Waals surface area contributed by atoms with Crippen LogP contribution in [0.1, 0.15) is 128 Å².